The van der Waals surface area contributed by atoms with Crippen molar-refractivity contribution in [1.29, 1.82) is 0 Å². The number of aliphatic hydroxyl groups excluding tert-OH is 1. The minimum atomic E-state index is -0.253. The van der Waals surface area contributed by atoms with Crippen LogP contribution in [0.2, 0.25) is 0 Å². The minimum Gasteiger partial charge on any atom is -0.504 e. The first-order valence-corrected chi connectivity index (χ1v) is 4.42. The Hall–Kier alpha value is -1.26. The molecular weight excluding hydrogens is 182 g/mol. The molecule has 0 bridgehead atoms. The third-order valence-electron chi connectivity index (χ3n) is 2.07. The quantitative estimate of drug-likeness (QED) is 0.666. The fourth-order valence-corrected chi connectivity index (χ4v) is 1.24. The molecule has 4 heteroatoms. The number of methoxy groups -OCH3 is 1. The molecule has 0 aliphatic heterocycles. The third-order valence-corrected chi connectivity index (χ3v) is 2.07. The summed E-state index contributed by atoms with van der Waals surface area (Å²) < 4.78 is 4.90. The Morgan fingerprint density at radius 1 is 1.50 bits per heavy atom. The van der Waals surface area contributed by atoms with Crippen molar-refractivity contribution in [2.75, 3.05) is 13.7 Å². The highest BCUT2D eigenvalue weighted by molar-refractivity contribution is 5.42. The summed E-state index contributed by atoms with van der Waals surface area (Å²) in [6, 6.07) is 4.73. The molecular formula is C10H15NO3. The molecule has 4 N–H and O–H groups in total. The van der Waals surface area contributed by atoms with Crippen molar-refractivity contribution in [2.45, 2.75) is 12.5 Å². The summed E-state index contributed by atoms with van der Waals surface area (Å²) in [6.45, 7) is 0.0357. The molecule has 0 radical (unpaired) electrons. The van der Waals surface area contributed by atoms with Crippen molar-refractivity contribution in [2.24, 2.45) is 5.73 Å². The largest absolute Gasteiger partial charge is 0.504 e. The number of rotatable bonds is 4. The van der Waals surface area contributed by atoms with Crippen molar-refractivity contribution in [3.8, 4) is 11.5 Å². The van der Waals surface area contributed by atoms with E-state index in [2.05, 4.69) is 0 Å². The standard InChI is InChI=1S/C10H15NO3/c1-14-10-3-2-7(6-9(10)13)8(11)4-5-12/h2-3,6,8,12-13H,4-5,11H2,1H3/t8-/m1/s1. The summed E-state index contributed by atoms with van der Waals surface area (Å²) in [5.74, 6) is 0.489. The molecule has 14 heavy (non-hydrogen) atoms. The Bertz CT molecular complexity index is 301. The van der Waals surface area contributed by atoms with Crippen LogP contribution in [0.3, 0.4) is 0 Å². The molecule has 0 aliphatic rings. The maximum Gasteiger partial charge on any atom is 0.160 e. The molecule has 0 aliphatic carbocycles. The number of benzene rings is 1. The number of aromatic hydroxyl groups is 1. The normalized spacial score (nSPS) is 12.5. The van der Waals surface area contributed by atoms with Gasteiger partial charge in [-0.15, -0.1) is 0 Å². The van der Waals surface area contributed by atoms with Gasteiger partial charge in [0.25, 0.3) is 0 Å². The van der Waals surface area contributed by atoms with Crippen LogP contribution in [-0.2, 0) is 0 Å². The second kappa shape index (κ2) is 4.83. The lowest BCUT2D eigenvalue weighted by Crippen LogP contribution is -2.11. The monoisotopic (exact) mass is 197 g/mol. The average molecular weight is 197 g/mol. The van der Waals surface area contributed by atoms with E-state index in [4.69, 9.17) is 15.6 Å². The van der Waals surface area contributed by atoms with Crippen molar-refractivity contribution in [1.82, 2.24) is 0 Å². The van der Waals surface area contributed by atoms with Gasteiger partial charge in [-0.3, -0.25) is 0 Å². The van der Waals surface area contributed by atoms with Crippen LogP contribution in [0.25, 0.3) is 0 Å². The number of hydrogen-bond acceptors (Lipinski definition) is 4. The van der Waals surface area contributed by atoms with Crippen LogP contribution < -0.4 is 10.5 Å². The Morgan fingerprint density at radius 2 is 2.21 bits per heavy atom. The summed E-state index contributed by atoms with van der Waals surface area (Å²) in [4.78, 5) is 0. The van der Waals surface area contributed by atoms with E-state index in [0.29, 0.717) is 12.2 Å². The van der Waals surface area contributed by atoms with Gasteiger partial charge in [-0.05, 0) is 24.1 Å². The molecule has 4 nitrogen and oxygen atoms in total. The van der Waals surface area contributed by atoms with E-state index in [1.807, 2.05) is 0 Å². The van der Waals surface area contributed by atoms with E-state index in [1.54, 1.807) is 18.2 Å². The number of ether oxygens (including phenoxy) is 1. The second-order valence-electron chi connectivity index (χ2n) is 3.05. The number of hydrogen-bond donors (Lipinski definition) is 3. The van der Waals surface area contributed by atoms with Crippen LogP contribution in [-0.4, -0.2) is 23.9 Å². The van der Waals surface area contributed by atoms with Crippen molar-refractivity contribution >= 4 is 0 Å². The van der Waals surface area contributed by atoms with Crippen LogP contribution in [0.1, 0.15) is 18.0 Å². The van der Waals surface area contributed by atoms with Crippen LogP contribution in [0.15, 0.2) is 18.2 Å². The highest BCUT2D eigenvalue weighted by Crippen LogP contribution is 2.28. The van der Waals surface area contributed by atoms with Gasteiger partial charge >= 0.3 is 0 Å². The molecule has 1 aromatic rings. The summed E-state index contributed by atoms with van der Waals surface area (Å²) in [5, 5.41) is 18.2. The maximum atomic E-state index is 9.47. The third kappa shape index (κ3) is 2.37. The number of phenols is 1. The SMILES string of the molecule is COc1ccc([C@H](N)CCO)cc1O. The summed E-state index contributed by atoms with van der Waals surface area (Å²) in [7, 11) is 1.49. The van der Waals surface area contributed by atoms with Crippen molar-refractivity contribution in [3.63, 3.8) is 0 Å². The molecule has 1 aromatic carbocycles. The van der Waals surface area contributed by atoms with E-state index in [1.165, 1.54) is 7.11 Å². The van der Waals surface area contributed by atoms with Crippen LogP contribution in [0.4, 0.5) is 0 Å². The predicted octanol–water partition coefficient (Wildman–Crippen LogP) is 0.783. The van der Waals surface area contributed by atoms with Gasteiger partial charge < -0.3 is 20.7 Å². The molecule has 1 atom stereocenters. The first-order valence-electron chi connectivity index (χ1n) is 4.42. The molecule has 0 spiro atoms. The van der Waals surface area contributed by atoms with E-state index >= 15 is 0 Å². The molecule has 0 heterocycles. The van der Waals surface area contributed by atoms with Crippen LogP contribution in [0.5, 0.6) is 11.5 Å². The first kappa shape index (κ1) is 10.8. The van der Waals surface area contributed by atoms with Gasteiger partial charge in [0.15, 0.2) is 11.5 Å². The average Bonchev–Trinajstić information content (AvgIpc) is 2.18. The first-order chi connectivity index (χ1) is 6.69. The van der Waals surface area contributed by atoms with E-state index in [0.717, 1.165) is 5.56 Å². The zero-order valence-corrected chi connectivity index (χ0v) is 8.10. The molecule has 0 unspecified atom stereocenters. The lowest BCUT2D eigenvalue weighted by atomic mass is 10.0. The van der Waals surface area contributed by atoms with Crippen LogP contribution in [0, 0.1) is 0 Å². The van der Waals surface area contributed by atoms with Gasteiger partial charge in [-0.25, -0.2) is 0 Å². The lowest BCUT2D eigenvalue weighted by Gasteiger charge is -2.11. The second-order valence-corrected chi connectivity index (χ2v) is 3.05. The Balaban J connectivity index is 2.85. The summed E-state index contributed by atoms with van der Waals surface area (Å²) >= 11 is 0. The Labute approximate surface area is 82.9 Å². The fraction of sp³-hybridized carbons (Fsp3) is 0.400. The van der Waals surface area contributed by atoms with Gasteiger partial charge in [0.2, 0.25) is 0 Å². The summed E-state index contributed by atoms with van der Waals surface area (Å²) in [5.41, 5.74) is 6.54. The minimum absolute atomic E-state index is 0.0357. The topological polar surface area (TPSA) is 75.7 Å². The molecule has 0 saturated carbocycles. The highest BCUT2D eigenvalue weighted by atomic mass is 16.5. The van der Waals surface area contributed by atoms with Crippen molar-refractivity contribution in [3.05, 3.63) is 23.8 Å². The summed E-state index contributed by atoms with van der Waals surface area (Å²) in [6.07, 6.45) is 0.478. The highest BCUT2D eigenvalue weighted by Gasteiger charge is 2.08. The number of aliphatic hydroxyl groups is 1. The van der Waals surface area contributed by atoms with E-state index in [-0.39, 0.29) is 18.4 Å². The number of phenolic OH excluding ortho intramolecular Hbond substituents is 1. The smallest absolute Gasteiger partial charge is 0.160 e. The molecule has 0 saturated heterocycles. The van der Waals surface area contributed by atoms with Gasteiger partial charge in [0, 0.05) is 12.6 Å². The molecule has 78 valence electrons. The van der Waals surface area contributed by atoms with E-state index < -0.39 is 0 Å². The van der Waals surface area contributed by atoms with Gasteiger partial charge in [0.1, 0.15) is 0 Å². The van der Waals surface area contributed by atoms with Crippen molar-refractivity contribution < 1.29 is 14.9 Å². The Morgan fingerprint density at radius 3 is 2.71 bits per heavy atom. The zero-order chi connectivity index (χ0) is 10.6. The Kier molecular flexibility index (Phi) is 3.73. The van der Waals surface area contributed by atoms with Gasteiger partial charge in [-0.2, -0.15) is 0 Å². The maximum absolute atomic E-state index is 9.47. The molecule has 0 aromatic heterocycles. The predicted molar refractivity (Wildman–Crippen MR) is 53.3 cm³/mol. The fourth-order valence-electron chi connectivity index (χ4n) is 1.24. The molecule has 0 amide bonds. The zero-order valence-electron chi connectivity index (χ0n) is 8.10. The molecule has 0 fully saturated rings. The van der Waals surface area contributed by atoms with Gasteiger partial charge in [0.05, 0.1) is 7.11 Å². The van der Waals surface area contributed by atoms with Crippen LogP contribution >= 0.6 is 0 Å². The van der Waals surface area contributed by atoms with Gasteiger partial charge in [-0.1, -0.05) is 6.07 Å². The number of nitrogens with two attached hydrogens (primary N) is 1. The lowest BCUT2D eigenvalue weighted by molar-refractivity contribution is 0.276. The van der Waals surface area contributed by atoms with E-state index in [9.17, 15) is 5.11 Å². The molecule has 1 rings (SSSR count).